The number of benzene rings is 2. The van der Waals surface area contributed by atoms with Crippen molar-refractivity contribution in [3.8, 4) is 0 Å². The van der Waals surface area contributed by atoms with Gasteiger partial charge in [0.2, 0.25) is 0 Å². The van der Waals surface area contributed by atoms with Gasteiger partial charge in [-0.2, -0.15) is 0 Å². The maximum absolute atomic E-state index is 12.3. The number of rotatable bonds is 2. The summed E-state index contributed by atoms with van der Waals surface area (Å²) >= 11 is 0. The van der Waals surface area contributed by atoms with E-state index in [0.29, 0.717) is 11.3 Å². The van der Waals surface area contributed by atoms with Crippen LogP contribution >= 0.6 is 0 Å². The minimum atomic E-state index is -0.638. The monoisotopic (exact) mass is 238 g/mol. The van der Waals surface area contributed by atoms with E-state index in [4.69, 9.17) is 0 Å². The zero-order valence-corrected chi connectivity index (χ0v) is 9.48. The Balaban J connectivity index is 2.14. The minimum Gasteiger partial charge on any atom is -0.291 e. The molecular formula is C14H10N2O2. The second-order valence-electron chi connectivity index (χ2n) is 4.12. The average molecular weight is 238 g/mol. The van der Waals surface area contributed by atoms with Gasteiger partial charge in [-0.1, -0.05) is 42.5 Å². The molecule has 2 aromatic carbocycles. The van der Waals surface area contributed by atoms with E-state index in [1.165, 1.54) is 5.01 Å². The second kappa shape index (κ2) is 4.07. The van der Waals surface area contributed by atoms with Gasteiger partial charge in [0.1, 0.15) is 6.04 Å². The second-order valence-corrected chi connectivity index (χ2v) is 4.12. The summed E-state index contributed by atoms with van der Waals surface area (Å²) in [5, 5.41) is 4.24. The molecule has 0 amide bonds. The fourth-order valence-electron chi connectivity index (χ4n) is 2.30. The Labute approximate surface area is 104 Å². The summed E-state index contributed by atoms with van der Waals surface area (Å²) in [4.78, 5) is 23.3. The van der Waals surface area contributed by atoms with Crippen LogP contribution in [0.25, 0.3) is 0 Å². The molecule has 18 heavy (non-hydrogen) atoms. The van der Waals surface area contributed by atoms with E-state index in [2.05, 4.69) is 5.29 Å². The zero-order valence-electron chi connectivity index (χ0n) is 9.48. The van der Waals surface area contributed by atoms with Crippen molar-refractivity contribution in [2.75, 3.05) is 5.01 Å². The van der Waals surface area contributed by atoms with Gasteiger partial charge in [-0.05, 0) is 17.7 Å². The Kier molecular flexibility index (Phi) is 2.41. The van der Waals surface area contributed by atoms with Gasteiger partial charge in [0, 0.05) is 5.56 Å². The molecule has 1 heterocycles. The largest absolute Gasteiger partial charge is 0.291 e. The van der Waals surface area contributed by atoms with Gasteiger partial charge in [0.15, 0.2) is 5.78 Å². The first kappa shape index (κ1) is 10.7. The van der Waals surface area contributed by atoms with Crippen LogP contribution in [0.5, 0.6) is 0 Å². The number of carbonyl (C=O) groups is 1. The molecule has 88 valence electrons. The van der Waals surface area contributed by atoms with Crippen molar-refractivity contribution < 1.29 is 4.79 Å². The highest BCUT2D eigenvalue weighted by Crippen LogP contribution is 2.40. The fourth-order valence-corrected chi connectivity index (χ4v) is 2.30. The molecule has 1 aliphatic heterocycles. The highest BCUT2D eigenvalue weighted by molar-refractivity contribution is 6.11. The lowest BCUT2D eigenvalue weighted by molar-refractivity contribution is 0.0971. The quantitative estimate of drug-likeness (QED) is 0.755. The molecule has 1 atom stereocenters. The summed E-state index contributed by atoms with van der Waals surface area (Å²) in [6.07, 6.45) is 0. The normalized spacial score (nSPS) is 17.7. The predicted octanol–water partition coefficient (Wildman–Crippen LogP) is 3.11. The van der Waals surface area contributed by atoms with Crippen LogP contribution < -0.4 is 5.01 Å². The first-order valence-electron chi connectivity index (χ1n) is 5.63. The molecule has 0 aromatic heterocycles. The molecule has 0 N–H and O–H groups in total. The molecule has 0 bridgehead atoms. The van der Waals surface area contributed by atoms with Crippen molar-refractivity contribution in [1.82, 2.24) is 0 Å². The zero-order chi connectivity index (χ0) is 12.5. The third kappa shape index (κ3) is 1.43. The summed E-state index contributed by atoms with van der Waals surface area (Å²) in [5.41, 5.74) is 1.90. The molecule has 4 nitrogen and oxygen atoms in total. The highest BCUT2D eigenvalue weighted by atomic mass is 16.3. The summed E-state index contributed by atoms with van der Waals surface area (Å²) in [6, 6.07) is 15.6. The maximum Gasteiger partial charge on any atom is 0.194 e. The van der Waals surface area contributed by atoms with Crippen LogP contribution in [0.1, 0.15) is 22.0 Å². The Morgan fingerprint density at radius 1 is 0.944 bits per heavy atom. The number of nitrogens with zero attached hydrogens (tertiary/aromatic N) is 2. The number of hydrogen-bond donors (Lipinski definition) is 0. The van der Waals surface area contributed by atoms with E-state index in [-0.39, 0.29) is 5.78 Å². The van der Waals surface area contributed by atoms with E-state index < -0.39 is 6.04 Å². The molecule has 0 spiro atoms. The van der Waals surface area contributed by atoms with E-state index in [1.807, 2.05) is 30.3 Å². The third-order valence-corrected chi connectivity index (χ3v) is 3.11. The van der Waals surface area contributed by atoms with Crippen molar-refractivity contribution in [2.24, 2.45) is 5.29 Å². The number of fused-ring (bicyclic) bond motifs is 1. The number of Topliss-reactive ketones (excluding diaryl/α,β-unsaturated/α-hetero) is 1. The van der Waals surface area contributed by atoms with Gasteiger partial charge in [-0.15, -0.1) is 4.91 Å². The lowest BCUT2D eigenvalue weighted by atomic mass is 10.0. The average Bonchev–Trinajstić information content (AvgIpc) is 2.73. The lowest BCUT2D eigenvalue weighted by Crippen LogP contribution is -2.21. The third-order valence-electron chi connectivity index (χ3n) is 3.11. The van der Waals surface area contributed by atoms with Crippen LogP contribution in [0.4, 0.5) is 5.69 Å². The van der Waals surface area contributed by atoms with Gasteiger partial charge >= 0.3 is 0 Å². The van der Waals surface area contributed by atoms with E-state index in [0.717, 1.165) is 5.56 Å². The van der Waals surface area contributed by atoms with Gasteiger partial charge in [-0.25, -0.2) is 5.01 Å². The number of para-hydroxylation sites is 1. The van der Waals surface area contributed by atoms with E-state index in [9.17, 15) is 9.70 Å². The lowest BCUT2D eigenvalue weighted by Gasteiger charge is -2.17. The van der Waals surface area contributed by atoms with Crippen LogP contribution in [0.2, 0.25) is 0 Å². The van der Waals surface area contributed by atoms with E-state index in [1.54, 1.807) is 24.3 Å². The van der Waals surface area contributed by atoms with Crippen LogP contribution in [-0.4, -0.2) is 5.78 Å². The topological polar surface area (TPSA) is 49.7 Å². The maximum atomic E-state index is 12.3. The van der Waals surface area contributed by atoms with Crippen molar-refractivity contribution in [3.63, 3.8) is 0 Å². The van der Waals surface area contributed by atoms with E-state index >= 15 is 0 Å². The number of carbonyl (C=O) groups excluding carboxylic acids is 1. The number of anilines is 1. The van der Waals surface area contributed by atoms with Crippen LogP contribution in [0, 0.1) is 4.91 Å². The van der Waals surface area contributed by atoms with Gasteiger partial charge < -0.3 is 0 Å². The molecular weight excluding hydrogens is 228 g/mol. The van der Waals surface area contributed by atoms with Crippen LogP contribution in [-0.2, 0) is 0 Å². The summed E-state index contributed by atoms with van der Waals surface area (Å²) in [5.74, 6) is -0.0867. The molecule has 0 fully saturated rings. The Morgan fingerprint density at radius 2 is 1.61 bits per heavy atom. The first-order chi connectivity index (χ1) is 8.83. The van der Waals surface area contributed by atoms with Crippen LogP contribution in [0.3, 0.4) is 0 Å². The molecule has 0 unspecified atom stereocenters. The van der Waals surface area contributed by atoms with Crippen molar-refractivity contribution in [2.45, 2.75) is 6.04 Å². The smallest absolute Gasteiger partial charge is 0.194 e. The molecule has 0 saturated carbocycles. The van der Waals surface area contributed by atoms with Gasteiger partial charge in [-0.3, -0.25) is 4.79 Å². The highest BCUT2D eigenvalue weighted by Gasteiger charge is 2.39. The molecule has 0 aliphatic carbocycles. The van der Waals surface area contributed by atoms with Crippen molar-refractivity contribution in [3.05, 3.63) is 70.6 Å². The van der Waals surface area contributed by atoms with Gasteiger partial charge in [0.25, 0.3) is 0 Å². The Morgan fingerprint density at radius 3 is 2.33 bits per heavy atom. The standard InChI is InChI=1S/C14H10N2O2/c17-14-11-8-4-5-9-12(11)16(15-18)13(14)10-6-2-1-3-7-10/h1-9,13H/t13-/m1/s1. The molecule has 0 saturated heterocycles. The van der Waals surface area contributed by atoms with Crippen molar-refractivity contribution in [1.29, 1.82) is 0 Å². The van der Waals surface area contributed by atoms with Crippen LogP contribution in [0.15, 0.2) is 59.9 Å². The summed E-state index contributed by atoms with van der Waals surface area (Å²) < 4.78 is 0. The molecule has 0 radical (unpaired) electrons. The molecule has 1 aliphatic rings. The molecule has 4 heteroatoms. The molecule has 3 rings (SSSR count). The Hall–Kier alpha value is -2.49. The predicted molar refractivity (Wildman–Crippen MR) is 68.2 cm³/mol. The number of ketones is 1. The summed E-state index contributed by atoms with van der Waals surface area (Å²) in [7, 11) is 0. The summed E-state index contributed by atoms with van der Waals surface area (Å²) in [6.45, 7) is 0. The van der Waals surface area contributed by atoms with Gasteiger partial charge in [0.05, 0.1) is 11.0 Å². The number of nitroso groups, excluding NO2 is 1. The SMILES string of the molecule is O=NN1c2ccccc2C(=O)[C@H]1c1ccccc1. The minimum absolute atomic E-state index is 0.0867. The fraction of sp³-hybridized carbons (Fsp3) is 0.0714. The number of hydrogen-bond acceptors (Lipinski definition) is 3. The first-order valence-corrected chi connectivity index (χ1v) is 5.63. The Bertz CT molecular complexity index is 610. The van der Waals surface area contributed by atoms with Crippen molar-refractivity contribution >= 4 is 11.5 Å². The molecule has 2 aromatic rings.